The summed E-state index contributed by atoms with van der Waals surface area (Å²) in [6.07, 6.45) is 3.13. The molecule has 1 saturated carbocycles. The van der Waals surface area contributed by atoms with Gasteiger partial charge < -0.3 is 5.11 Å². The second kappa shape index (κ2) is 6.24. The Morgan fingerprint density at radius 2 is 2.00 bits per heavy atom. The fourth-order valence-corrected chi connectivity index (χ4v) is 4.27. The zero-order valence-corrected chi connectivity index (χ0v) is 14.0. The molecular formula is C15H22ClNO3S. The Bertz CT molecular complexity index is 607. The van der Waals surface area contributed by atoms with E-state index in [1.54, 1.807) is 19.1 Å². The molecule has 1 aromatic rings. The molecule has 0 aliphatic heterocycles. The van der Waals surface area contributed by atoms with E-state index in [1.165, 1.54) is 6.07 Å². The quantitative estimate of drug-likeness (QED) is 0.891. The lowest BCUT2D eigenvalue weighted by Gasteiger charge is -2.34. The van der Waals surface area contributed by atoms with Crippen molar-refractivity contribution in [3.63, 3.8) is 0 Å². The summed E-state index contributed by atoms with van der Waals surface area (Å²) < 4.78 is 27.2. The Labute approximate surface area is 131 Å². The maximum absolute atomic E-state index is 12.3. The Hall–Kier alpha value is -0.620. The fourth-order valence-electron chi connectivity index (χ4n) is 2.70. The molecule has 0 unspecified atom stereocenters. The smallest absolute Gasteiger partial charge is 0.240 e. The standard InChI is InChI=1S/C15H22ClNO3S/c1-11-5-7-15(18,8-6-11)10-17-21(19,20)14-4-3-13(16)9-12(14)2/h3-4,9,11,17-18H,5-8,10H2,1-2H3. The van der Waals surface area contributed by atoms with Crippen LogP contribution in [-0.4, -0.2) is 25.7 Å². The first-order valence-corrected chi connectivity index (χ1v) is 9.06. The summed E-state index contributed by atoms with van der Waals surface area (Å²) in [5.41, 5.74) is -0.334. The molecule has 1 aliphatic rings. The first-order chi connectivity index (χ1) is 9.72. The van der Waals surface area contributed by atoms with E-state index in [9.17, 15) is 13.5 Å². The number of rotatable bonds is 4. The number of aryl methyl sites for hydroxylation is 1. The maximum Gasteiger partial charge on any atom is 0.240 e. The van der Waals surface area contributed by atoms with Crippen molar-refractivity contribution >= 4 is 21.6 Å². The second-order valence-corrected chi connectivity index (χ2v) is 8.31. The molecule has 0 spiro atoms. The van der Waals surface area contributed by atoms with Crippen LogP contribution in [0.15, 0.2) is 23.1 Å². The maximum atomic E-state index is 12.3. The number of sulfonamides is 1. The van der Waals surface area contributed by atoms with Crippen molar-refractivity contribution in [2.45, 2.75) is 50.0 Å². The molecule has 0 radical (unpaired) electrons. The molecule has 1 fully saturated rings. The van der Waals surface area contributed by atoms with Gasteiger partial charge >= 0.3 is 0 Å². The van der Waals surface area contributed by atoms with Crippen molar-refractivity contribution in [1.29, 1.82) is 0 Å². The van der Waals surface area contributed by atoms with Crippen molar-refractivity contribution in [3.05, 3.63) is 28.8 Å². The van der Waals surface area contributed by atoms with E-state index in [0.717, 1.165) is 12.8 Å². The average Bonchev–Trinajstić information content (AvgIpc) is 2.40. The molecule has 21 heavy (non-hydrogen) atoms. The monoisotopic (exact) mass is 331 g/mol. The van der Waals surface area contributed by atoms with E-state index in [-0.39, 0.29) is 11.4 Å². The van der Waals surface area contributed by atoms with Crippen LogP contribution in [0, 0.1) is 12.8 Å². The Morgan fingerprint density at radius 1 is 1.38 bits per heavy atom. The summed E-state index contributed by atoms with van der Waals surface area (Å²) in [7, 11) is -3.63. The third kappa shape index (κ3) is 4.19. The van der Waals surface area contributed by atoms with Gasteiger partial charge in [-0.1, -0.05) is 18.5 Å². The van der Waals surface area contributed by atoms with Gasteiger partial charge in [0, 0.05) is 11.6 Å². The van der Waals surface area contributed by atoms with Crippen LogP contribution >= 0.6 is 11.6 Å². The van der Waals surface area contributed by atoms with Crippen molar-refractivity contribution in [2.24, 2.45) is 5.92 Å². The van der Waals surface area contributed by atoms with Gasteiger partial charge in [0.2, 0.25) is 10.0 Å². The van der Waals surface area contributed by atoms with Gasteiger partial charge in [0.15, 0.2) is 0 Å². The highest BCUT2D eigenvalue weighted by Crippen LogP contribution is 2.31. The van der Waals surface area contributed by atoms with Crippen LogP contribution < -0.4 is 4.72 Å². The van der Waals surface area contributed by atoms with E-state index in [1.807, 2.05) is 0 Å². The van der Waals surface area contributed by atoms with Gasteiger partial charge in [0.05, 0.1) is 10.5 Å². The highest BCUT2D eigenvalue weighted by molar-refractivity contribution is 7.89. The van der Waals surface area contributed by atoms with E-state index in [0.29, 0.717) is 29.3 Å². The molecule has 4 nitrogen and oxygen atoms in total. The topological polar surface area (TPSA) is 66.4 Å². The summed E-state index contributed by atoms with van der Waals surface area (Å²) in [6, 6.07) is 4.67. The largest absolute Gasteiger partial charge is 0.389 e. The van der Waals surface area contributed by atoms with Crippen LogP contribution in [0.3, 0.4) is 0 Å². The predicted octanol–water partition coefficient (Wildman–Crippen LogP) is 2.87. The first kappa shape index (κ1) is 16.7. The van der Waals surface area contributed by atoms with E-state index in [2.05, 4.69) is 11.6 Å². The van der Waals surface area contributed by atoms with Gasteiger partial charge in [-0.25, -0.2) is 13.1 Å². The minimum absolute atomic E-state index is 0.0596. The molecule has 1 aromatic carbocycles. The number of aliphatic hydroxyl groups is 1. The Kier molecular flexibility index (Phi) is 4.98. The van der Waals surface area contributed by atoms with Crippen LogP contribution in [0.25, 0.3) is 0 Å². The lowest BCUT2D eigenvalue weighted by molar-refractivity contribution is -0.00183. The zero-order valence-electron chi connectivity index (χ0n) is 12.4. The van der Waals surface area contributed by atoms with E-state index < -0.39 is 15.6 Å². The second-order valence-electron chi connectivity index (χ2n) is 6.14. The van der Waals surface area contributed by atoms with E-state index >= 15 is 0 Å². The molecule has 0 atom stereocenters. The fraction of sp³-hybridized carbons (Fsp3) is 0.600. The van der Waals surface area contributed by atoms with Gasteiger partial charge in [-0.2, -0.15) is 0 Å². The molecule has 6 heteroatoms. The lowest BCUT2D eigenvalue weighted by Crippen LogP contribution is -2.45. The molecule has 2 rings (SSSR count). The Morgan fingerprint density at radius 3 is 2.57 bits per heavy atom. The normalized spacial score (nSPS) is 26.8. The third-order valence-electron chi connectivity index (χ3n) is 4.22. The summed E-state index contributed by atoms with van der Waals surface area (Å²) in [5.74, 6) is 0.598. The number of halogens is 1. The summed E-state index contributed by atoms with van der Waals surface area (Å²) in [4.78, 5) is 0.208. The molecule has 0 amide bonds. The molecule has 0 heterocycles. The molecular weight excluding hydrogens is 310 g/mol. The predicted molar refractivity (Wildman–Crippen MR) is 84.0 cm³/mol. The first-order valence-electron chi connectivity index (χ1n) is 7.20. The van der Waals surface area contributed by atoms with Crippen molar-refractivity contribution < 1.29 is 13.5 Å². The molecule has 2 N–H and O–H groups in total. The third-order valence-corrected chi connectivity index (χ3v) is 6.02. The Balaban J connectivity index is 2.08. The van der Waals surface area contributed by atoms with Crippen LogP contribution in [0.1, 0.15) is 38.2 Å². The molecule has 0 bridgehead atoms. The number of benzene rings is 1. The van der Waals surface area contributed by atoms with Gasteiger partial charge in [0.1, 0.15) is 0 Å². The van der Waals surface area contributed by atoms with Gasteiger partial charge in [-0.3, -0.25) is 0 Å². The van der Waals surface area contributed by atoms with Crippen LogP contribution in [0.2, 0.25) is 5.02 Å². The highest BCUT2D eigenvalue weighted by Gasteiger charge is 2.33. The number of nitrogens with one attached hydrogen (secondary N) is 1. The zero-order chi connectivity index (χ0) is 15.7. The van der Waals surface area contributed by atoms with Crippen molar-refractivity contribution in [1.82, 2.24) is 4.72 Å². The summed E-state index contributed by atoms with van der Waals surface area (Å²) in [5, 5.41) is 11.0. The SMILES string of the molecule is Cc1cc(Cl)ccc1S(=O)(=O)NCC1(O)CCC(C)CC1. The summed E-state index contributed by atoms with van der Waals surface area (Å²) >= 11 is 5.85. The van der Waals surface area contributed by atoms with Gasteiger partial charge in [-0.05, 0) is 62.3 Å². The number of hydrogen-bond donors (Lipinski definition) is 2. The lowest BCUT2D eigenvalue weighted by atomic mass is 9.80. The molecule has 118 valence electrons. The van der Waals surface area contributed by atoms with Crippen molar-refractivity contribution in [2.75, 3.05) is 6.54 Å². The van der Waals surface area contributed by atoms with Gasteiger partial charge in [0.25, 0.3) is 0 Å². The van der Waals surface area contributed by atoms with Crippen LogP contribution in [0.5, 0.6) is 0 Å². The molecule has 0 saturated heterocycles. The van der Waals surface area contributed by atoms with Crippen LogP contribution in [-0.2, 0) is 10.0 Å². The van der Waals surface area contributed by atoms with Crippen molar-refractivity contribution in [3.8, 4) is 0 Å². The van der Waals surface area contributed by atoms with Gasteiger partial charge in [-0.15, -0.1) is 0 Å². The minimum atomic E-state index is -3.63. The average molecular weight is 332 g/mol. The molecule has 1 aliphatic carbocycles. The minimum Gasteiger partial charge on any atom is -0.389 e. The summed E-state index contributed by atoms with van der Waals surface area (Å²) in [6.45, 7) is 3.92. The highest BCUT2D eigenvalue weighted by atomic mass is 35.5. The van der Waals surface area contributed by atoms with Crippen LogP contribution in [0.4, 0.5) is 0 Å². The number of hydrogen-bond acceptors (Lipinski definition) is 3. The molecule has 0 aromatic heterocycles. The van der Waals surface area contributed by atoms with E-state index in [4.69, 9.17) is 11.6 Å².